The van der Waals surface area contributed by atoms with Crippen LogP contribution in [-0.2, 0) is 12.8 Å². The van der Waals surface area contributed by atoms with Gasteiger partial charge < -0.3 is 0 Å². The fourth-order valence-corrected chi connectivity index (χ4v) is 14.7. The average Bonchev–Trinajstić information content (AvgIpc) is 3.27. The quantitative estimate of drug-likeness (QED) is 0.111. The van der Waals surface area contributed by atoms with Crippen LogP contribution in [0.25, 0.3) is 0 Å². The minimum Gasteiger partial charge on any atom is -0.254 e. The second-order valence-electron chi connectivity index (χ2n) is 13.6. The lowest BCUT2D eigenvalue weighted by Crippen LogP contribution is -2.25. The zero-order valence-corrected chi connectivity index (χ0v) is 32.6. The Morgan fingerprint density at radius 2 is 0.473 bits per heavy atom. The summed E-state index contributed by atoms with van der Waals surface area (Å²) >= 11 is 0. The minimum atomic E-state index is -2.40. The Bertz CT molecular complexity index is 2170. The van der Waals surface area contributed by atoms with Gasteiger partial charge in [-0.25, -0.2) is 0 Å². The first-order valence-electron chi connectivity index (χ1n) is 19.0. The fraction of sp³-hybridized carbons (Fsp3) is 0.0588. The molecule has 55 heavy (non-hydrogen) atoms. The van der Waals surface area contributed by atoms with Gasteiger partial charge in [0.2, 0.25) is 0 Å². The first-order valence-corrected chi connectivity index (χ1v) is 22.5. The molecule has 2 nitrogen and oxygen atoms in total. The first kappa shape index (κ1) is 36.2. The highest BCUT2D eigenvalue weighted by Crippen LogP contribution is 2.51. The Labute approximate surface area is 326 Å². The summed E-state index contributed by atoms with van der Waals surface area (Å²) in [7, 11) is -4.80. The van der Waals surface area contributed by atoms with Crippen LogP contribution >= 0.6 is 14.1 Å². The van der Waals surface area contributed by atoms with Crippen LogP contribution in [0.5, 0.6) is 0 Å². The molecule has 8 rings (SSSR count). The van der Waals surface area contributed by atoms with Crippen LogP contribution in [0, 0.1) is 0 Å². The molecule has 4 heteroatoms. The van der Waals surface area contributed by atoms with E-state index in [0.29, 0.717) is 0 Å². The summed E-state index contributed by atoms with van der Waals surface area (Å²) in [5.41, 5.74) is 4.66. The van der Waals surface area contributed by atoms with Crippen LogP contribution in [0.4, 0.5) is 11.4 Å². The van der Waals surface area contributed by atoms with Gasteiger partial charge in [-0.3, -0.25) is 9.49 Å². The van der Waals surface area contributed by atoms with Gasteiger partial charge in [-0.05, 0) is 42.5 Å². The number of nitrogens with zero attached hydrogens (tertiary/aromatic N) is 2. The molecule has 0 bridgehead atoms. The highest BCUT2D eigenvalue weighted by atomic mass is 31.2. The normalized spacial score (nSPS) is 11.5. The third-order valence-electron chi connectivity index (χ3n) is 10.2. The summed E-state index contributed by atoms with van der Waals surface area (Å²) in [4.78, 5) is 0. The van der Waals surface area contributed by atoms with Gasteiger partial charge >= 0.3 is 0 Å². The first-order chi connectivity index (χ1) is 27.3. The predicted octanol–water partition coefficient (Wildman–Crippen LogP) is 11.5. The molecule has 0 aliphatic carbocycles. The van der Waals surface area contributed by atoms with E-state index in [-0.39, 0.29) is 0 Å². The largest absolute Gasteiger partial charge is 0.254 e. The van der Waals surface area contributed by atoms with Crippen molar-refractivity contribution < 1.29 is 0 Å². The Balaban J connectivity index is 1.20. The summed E-state index contributed by atoms with van der Waals surface area (Å²) < 4.78 is 11.8. The lowest BCUT2D eigenvalue weighted by molar-refractivity contribution is 0.821. The van der Waals surface area contributed by atoms with Crippen LogP contribution in [0.1, 0.15) is 17.5 Å². The van der Waals surface area contributed by atoms with Crippen molar-refractivity contribution in [1.82, 2.24) is 0 Å². The van der Waals surface area contributed by atoms with Crippen molar-refractivity contribution in [2.24, 2.45) is 9.49 Å². The molecular weight excluding hydrogens is 703 g/mol. The summed E-state index contributed by atoms with van der Waals surface area (Å²) in [6.07, 6.45) is 2.78. The third kappa shape index (κ3) is 7.63. The van der Waals surface area contributed by atoms with Crippen LogP contribution in [-0.4, -0.2) is 0 Å². The number of aryl methyl sites for hydroxylation is 2. The molecule has 0 radical (unpaired) electrons. The maximum absolute atomic E-state index is 5.89. The van der Waals surface area contributed by atoms with Crippen LogP contribution in [0.15, 0.2) is 240 Å². The van der Waals surface area contributed by atoms with Crippen LogP contribution < -0.4 is 31.8 Å². The van der Waals surface area contributed by atoms with E-state index in [1.54, 1.807) is 0 Å². The highest BCUT2D eigenvalue weighted by molar-refractivity contribution is 7.88. The molecule has 0 aromatic heterocycles. The van der Waals surface area contributed by atoms with Gasteiger partial charge in [0.1, 0.15) is 0 Å². The van der Waals surface area contributed by atoms with E-state index in [2.05, 4.69) is 231 Å². The molecule has 8 aromatic carbocycles. The van der Waals surface area contributed by atoms with Gasteiger partial charge in [0.05, 0.1) is 25.5 Å². The molecule has 0 heterocycles. The molecule has 0 N–H and O–H groups in total. The summed E-state index contributed by atoms with van der Waals surface area (Å²) in [6.45, 7) is 0. The van der Waals surface area contributed by atoms with Gasteiger partial charge in [0, 0.05) is 31.8 Å². The van der Waals surface area contributed by atoms with Crippen molar-refractivity contribution in [2.75, 3.05) is 0 Å². The lowest BCUT2D eigenvalue weighted by Gasteiger charge is -2.27. The molecule has 0 saturated carbocycles. The van der Waals surface area contributed by atoms with Crippen LogP contribution in [0.2, 0.25) is 0 Å². The number of hydrogen-bond donors (Lipinski definition) is 0. The van der Waals surface area contributed by atoms with Gasteiger partial charge in [-0.1, -0.05) is 218 Å². The summed E-state index contributed by atoms with van der Waals surface area (Å²) in [5.74, 6) is 0. The summed E-state index contributed by atoms with van der Waals surface area (Å²) in [6, 6.07) is 82.9. The van der Waals surface area contributed by atoms with Crippen molar-refractivity contribution >= 4 is 57.3 Å². The zero-order chi connectivity index (χ0) is 37.2. The van der Waals surface area contributed by atoms with Crippen molar-refractivity contribution in [3.8, 4) is 0 Å². The smallest absolute Gasteiger partial charge is 0.0657 e. The summed E-state index contributed by atoms with van der Waals surface area (Å²) in [5, 5.41) is 7.50. The number of benzene rings is 8. The Hall–Kier alpha value is -5.78. The SMILES string of the molecule is c1ccc(P(=Nc2ccccc2CCCc2ccccc2N=P(c2ccccc2)(c2ccccc2)c2ccccc2)(c2ccccc2)c2ccccc2)cc1. The Morgan fingerprint density at radius 1 is 0.255 bits per heavy atom. The maximum Gasteiger partial charge on any atom is 0.0657 e. The van der Waals surface area contributed by atoms with E-state index >= 15 is 0 Å². The van der Waals surface area contributed by atoms with E-state index in [9.17, 15) is 0 Å². The van der Waals surface area contributed by atoms with Crippen LogP contribution in [0.3, 0.4) is 0 Å². The molecule has 0 atom stereocenters. The van der Waals surface area contributed by atoms with Crippen molar-refractivity contribution in [2.45, 2.75) is 19.3 Å². The van der Waals surface area contributed by atoms with Gasteiger partial charge in [0.25, 0.3) is 0 Å². The predicted molar refractivity (Wildman–Crippen MR) is 239 cm³/mol. The molecular formula is C51H44N2P2. The zero-order valence-electron chi connectivity index (χ0n) is 30.8. The number of hydrogen-bond acceptors (Lipinski definition) is 2. The van der Waals surface area contributed by atoms with Gasteiger partial charge in [0.15, 0.2) is 0 Å². The fourth-order valence-electron chi connectivity index (χ4n) is 7.54. The Kier molecular flexibility index (Phi) is 11.3. The minimum absolute atomic E-state index is 0.905. The average molecular weight is 747 g/mol. The molecule has 0 unspecified atom stereocenters. The molecule has 0 fully saturated rings. The molecule has 0 aliphatic heterocycles. The van der Waals surface area contributed by atoms with Crippen molar-refractivity contribution in [1.29, 1.82) is 0 Å². The Morgan fingerprint density at radius 3 is 0.727 bits per heavy atom. The molecule has 0 amide bonds. The second-order valence-corrected chi connectivity index (χ2v) is 19.6. The van der Waals surface area contributed by atoms with Crippen molar-refractivity contribution in [3.05, 3.63) is 242 Å². The van der Waals surface area contributed by atoms with E-state index in [0.717, 1.165) is 30.6 Å². The van der Waals surface area contributed by atoms with E-state index in [4.69, 9.17) is 9.49 Å². The third-order valence-corrected chi connectivity index (χ3v) is 17.5. The topological polar surface area (TPSA) is 24.7 Å². The maximum atomic E-state index is 5.89. The van der Waals surface area contributed by atoms with E-state index < -0.39 is 14.1 Å². The second kappa shape index (κ2) is 17.1. The monoisotopic (exact) mass is 746 g/mol. The van der Waals surface area contributed by atoms with Gasteiger partial charge in [-0.15, -0.1) is 0 Å². The molecule has 8 aromatic rings. The standard InChI is InChI=1S/C51H44N2P2/c1-7-28-44(29-8-1)54(45-30-9-2-10-31-45,46-32-11-3-12-33-46)52-50-40-21-19-24-42(50)26-23-27-43-25-20-22-41-51(43)53-55(47-34-13-4-14-35-47,48-36-15-5-16-37-48)49-38-17-6-18-39-49/h1-22,24-25,28-41H,23,26-27H2. The lowest BCUT2D eigenvalue weighted by atomic mass is 10.0. The molecule has 0 aliphatic rings. The van der Waals surface area contributed by atoms with E-state index in [1.165, 1.54) is 43.0 Å². The molecule has 268 valence electrons. The molecule has 0 spiro atoms. The van der Waals surface area contributed by atoms with E-state index in [1.807, 2.05) is 0 Å². The van der Waals surface area contributed by atoms with Crippen molar-refractivity contribution in [3.63, 3.8) is 0 Å². The van der Waals surface area contributed by atoms with Gasteiger partial charge in [-0.2, -0.15) is 0 Å². The number of rotatable bonds is 12. The molecule has 0 saturated heterocycles. The highest BCUT2D eigenvalue weighted by Gasteiger charge is 2.29.